The number of fused-ring (bicyclic) bond motifs is 4. The Balaban J connectivity index is 0.000000199. The van der Waals surface area contributed by atoms with Gasteiger partial charge in [-0.25, -0.2) is 0 Å². The molecular formula is C64H63IrN3O-2. The minimum absolute atomic E-state index is 0. The molecule has 10 rings (SSSR count). The molecule has 1 radical (unpaired) electrons. The Labute approximate surface area is 423 Å². The van der Waals surface area contributed by atoms with E-state index in [2.05, 4.69) is 220 Å². The van der Waals surface area contributed by atoms with Crippen LogP contribution in [0.5, 0.6) is 0 Å². The molecule has 5 heteroatoms. The SMILES string of the molecule is CC(C)c1cccc(C(C)C)c1-c1ccnc(-c2[c-]c(C(C)(C)C)cc3c2oc2c(-c4ccccc4)cccc23)c1.CC(C)c1cccc(C(C)C)c1-n1c(-c2[c-]cccc2)nc2ccccc21.[Ir]. The molecule has 0 spiro atoms. The number of furan rings is 1. The van der Waals surface area contributed by atoms with Crippen LogP contribution in [0.1, 0.15) is 128 Å². The van der Waals surface area contributed by atoms with Crippen molar-refractivity contribution in [2.24, 2.45) is 0 Å². The molecule has 0 fully saturated rings. The van der Waals surface area contributed by atoms with Gasteiger partial charge >= 0.3 is 0 Å². The van der Waals surface area contributed by atoms with E-state index in [0.717, 1.165) is 72.3 Å². The van der Waals surface area contributed by atoms with Crippen molar-refractivity contribution < 1.29 is 24.5 Å². The van der Waals surface area contributed by atoms with E-state index >= 15 is 0 Å². The molecule has 0 bridgehead atoms. The Hall–Kier alpha value is -6.39. The summed E-state index contributed by atoms with van der Waals surface area (Å²) in [5, 5.41) is 2.22. The summed E-state index contributed by atoms with van der Waals surface area (Å²) in [5.74, 6) is 2.62. The fraction of sp³-hybridized carbons (Fsp3) is 0.250. The largest absolute Gasteiger partial charge is 0.500 e. The number of para-hydroxylation sites is 4. The Kier molecular flexibility index (Phi) is 14.4. The second kappa shape index (κ2) is 20.3. The molecular weight excluding hydrogens is 1020 g/mol. The van der Waals surface area contributed by atoms with E-state index in [1.165, 1.54) is 39.1 Å². The number of hydrogen-bond donors (Lipinski definition) is 0. The van der Waals surface area contributed by atoms with Crippen LogP contribution in [0.2, 0.25) is 0 Å². The molecule has 0 aliphatic carbocycles. The fourth-order valence-electron chi connectivity index (χ4n) is 9.61. The molecule has 0 amide bonds. The molecule has 4 nitrogen and oxygen atoms in total. The van der Waals surface area contributed by atoms with Crippen molar-refractivity contribution in [2.45, 2.75) is 105 Å². The third-order valence-corrected chi connectivity index (χ3v) is 13.2. The van der Waals surface area contributed by atoms with Gasteiger partial charge in [0, 0.05) is 42.9 Å². The first kappa shape index (κ1) is 49.0. The van der Waals surface area contributed by atoms with E-state index in [4.69, 9.17) is 14.4 Å². The summed E-state index contributed by atoms with van der Waals surface area (Å²) >= 11 is 0. The average Bonchev–Trinajstić information content (AvgIpc) is 3.93. The minimum atomic E-state index is -0.0871. The van der Waals surface area contributed by atoms with Crippen LogP contribution in [-0.4, -0.2) is 14.5 Å². The van der Waals surface area contributed by atoms with E-state index in [9.17, 15) is 0 Å². The standard InChI is InChI=1S/C39H38NO.C25H25N2.Ir/c1-24(2)29-15-11-16-30(25(3)4)36(29)27-19-20-40-35(21-27)34-23-28(39(5,6)7)22-33-32-18-12-17-31(37(32)41-38(33)34)26-13-9-8-10-14-26;1-17(2)20-13-10-14-21(18(3)4)24(20)27-23-16-9-8-15-22(23)26-25(27)19-11-6-5-7-12-19;/h8-22,24-25H,1-7H3;5-11,13-18H,1-4H3;/q2*-1;. The van der Waals surface area contributed by atoms with Crippen LogP contribution in [0.3, 0.4) is 0 Å². The maximum atomic E-state index is 6.79. The Bertz CT molecular complexity index is 3330. The zero-order chi connectivity index (χ0) is 47.9. The van der Waals surface area contributed by atoms with Gasteiger partial charge in [0.05, 0.1) is 22.4 Å². The molecule has 0 atom stereocenters. The number of pyridine rings is 1. The van der Waals surface area contributed by atoms with Crippen LogP contribution >= 0.6 is 0 Å². The van der Waals surface area contributed by atoms with Gasteiger partial charge < -0.3 is 14.0 Å². The molecule has 0 saturated carbocycles. The smallest absolute Gasteiger partial charge is 0.128 e. The van der Waals surface area contributed by atoms with Gasteiger partial charge in [-0.3, -0.25) is 4.98 Å². The van der Waals surface area contributed by atoms with Crippen molar-refractivity contribution in [1.29, 1.82) is 0 Å². The topological polar surface area (TPSA) is 43.9 Å². The van der Waals surface area contributed by atoms with E-state index in [0.29, 0.717) is 23.7 Å². The van der Waals surface area contributed by atoms with E-state index in [1.807, 2.05) is 30.5 Å². The van der Waals surface area contributed by atoms with Crippen LogP contribution in [0.4, 0.5) is 0 Å². The van der Waals surface area contributed by atoms with Gasteiger partial charge in [-0.2, -0.15) is 0 Å². The van der Waals surface area contributed by atoms with Gasteiger partial charge in [0.15, 0.2) is 0 Å². The summed E-state index contributed by atoms with van der Waals surface area (Å²) in [6, 6.07) is 60.6. The zero-order valence-electron chi connectivity index (χ0n) is 41.9. The van der Waals surface area contributed by atoms with E-state index < -0.39 is 0 Å². The Morgan fingerprint density at radius 1 is 0.565 bits per heavy atom. The third-order valence-electron chi connectivity index (χ3n) is 13.2. The van der Waals surface area contributed by atoms with Crippen molar-refractivity contribution in [3.05, 3.63) is 198 Å². The van der Waals surface area contributed by atoms with Crippen molar-refractivity contribution in [3.63, 3.8) is 0 Å². The molecule has 69 heavy (non-hydrogen) atoms. The van der Waals surface area contributed by atoms with Gasteiger partial charge in [-0.05, 0) is 91.9 Å². The van der Waals surface area contributed by atoms with Gasteiger partial charge in [-0.1, -0.05) is 190 Å². The van der Waals surface area contributed by atoms with Crippen LogP contribution in [-0.2, 0) is 25.5 Å². The molecule has 0 N–H and O–H groups in total. The monoisotopic (exact) mass is 1080 g/mol. The predicted molar refractivity (Wildman–Crippen MR) is 287 cm³/mol. The van der Waals surface area contributed by atoms with Crippen LogP contribution in [0, 0.1) is 12.1 Å². The van der Waals surface area contributed by atoms with Crippen LogP contribution in [0.15, 0.2) is 162 Å². The second-order valence-electron chi connectivity index (χ2n) is 20.4. The van der Waals surface area contributed by atoms with Gasteiger partial charge in [-0.15, -0.1) is 53.6 Å². The summed E-state index contributed by atoms with van der Waals surface area (Å²) in [4.78, 5) is 9.91. The number of imidazole rings is 1. The van der Waals surface area contributed by atoms with Crippen molar-refractivity contribution in [3.8, 4) is 50.6 Å². The number of aromatic nitrogens is 3. The summed E-state index contributed by atoms with van der Waals surface area (Å²) in [5.41, 5.74) is 19.2. The summed E-state index contributed by atoms with van der Waals surface area (Å²) in [6.45, 7) is 24.8. The average molecular weight is 1080 g/mol. The predicted octanol–water partition coefficient (Wildman–Crippen LogP) is 18.1. The molecule has 7 aromatic carbocycles. The normalized spacial score (nSPS) is 11.8. The molecule has 0 aliphatic rings. The molecule has 0 aliphatic heterocycles. The molecule has 3 heterocycles. The number of rotatable bonds is 9. The second-order valence-corrected chi connectivity index (χ2v) is 20.4. The maximum absolute atomic E-state index is 6.79. The molecule has 3 aromatic heterocycles. The van der Waals surface area contributed by atoms with E-state index in [1.54, 1.807) is 0 Å². The fourth-order valence-corrected chi connectivity index (χ4v) is 9.61. The summed E-state index contributed by atoms with van der Waals surface area (Å²) < 4.78 is 9.13. The van der Waals surface area contributed by atoms with Crippen molar-refractivity contribution in [1.82, 2.24) is 14.5 Å². The molecule has 10 aromatic rings. The van der Waals surface area contributed by atoms with Crippen LogP contribution < -0.4 is 0 Å². The molecule has 0 saturated heterocycles. The third kappa shape index (κ3) is 9.65. The minimum Gasteiger partial charge on any atom is -0.500 e. The summed E-state index contributed by atoms with van der Waals surface area (Å²) in [6.07, 6.45) is 1.94. The van der Waals surface area contributed by atoms with Gasteiger partial charge in [0.25, 0.3) is 0 Å². The molecule has 351 valence electrons. The Morgan fingerprint density at radius 2 is 1.17 bits per heavy atom. The first-order valence-corrected chi connectivity index (χ1v) is 24.4. The van der Waals surface area contributed by atoms with Gasteiger partial charge in [0.2, 0.25) is 0 Å². The zero-order valence-corrected chi connectivity index (χ0v) is 44.3. The quantitative estimate of drug-likeness (QED) is 0.135. The van der Waals surface area contributed by atoms with Crippen LogP contribution in [0.25, 0.3) is 83.6 Å². The van der Waals surface area contributed by atoms with Crippen molar-refractivity contribution >= 4 is 33.0 Å². The van der Waals surface area contributed by atoms with Crippen molar-refractivity contribution in [2.75, 3.05) is 0 Å². The van der Waals surface area contributed by atoms with Gasteiger partial charge in [0.1, 0.15) is 5.58 Å². The number of nitrogens with zero attached hydrogens (tertiary/aromatic N) is 3. The first-order chi connectivity index (χ1) is 32.7. The number of benzene rings is 7. The van der Waals surface area contributed by atoms with E-state index in [-0.39, 0.29) is 25.5 Å². The summed E-state index contributed by atoms with van der Waals surface area (Å²) in [7, 11) is 0. The number of hydrogen-bond acceptors (Lipinski definition) is 3. The molecule has 0 unspecified atom stereocenters. The maximum Gasteiger partial charge on any atom is 0.128 e. The Morgan fingerprint density at radius 3 is 1.80 bits per heavy atom. The first-order valence-electron chi connectivity index (χ1n) is 24.4.